The van der Waals surface area contributed by atoms with Crippen LogP contribution in [0.4, 0.5) is 38.9 Å². The summed E-state index contributed by atoms with van der Waals surface area (Å²) in [6.07, 6.45) is 7.62. The zero-order valence-electron chi connectivity index (χ0n) is 39.5. The Morgan fingerprint density at radius 1 is 1.00 bits per heavy atom. The number of likely N-dealkylation sites (tertiary alicyclic amines) is 1. The van der Waals surface area contributed by atoms with Gasteiger partial charge in [0.25, 0.3) is 5.91 Å². The largest absolute Gasteiger partial charge is 0.494 e. The van der Waals surface area contributed by atoms with E-state index in [1.165, 1.54) is 17.3 Å². The second kappa shape index (κ2) is 19.0. The molecule has 3 amide bonds. The molecule has 4 aliphatic rings. The minimum Gasteiger partial charge on any atom is -0.494 e. The van der Waals surface area contributed by atoms with Crippen molar-refractivity contribution in [2.24, 2.45) is 5.41 Å². The summed E-state index contributed by atoms with van der Waals surface area (Å²) in [6.45, 7) is 13.2. The van der Waals surface area contributed by atoms with Crippen LogP contribution in [0.25, 0.3) is 10.9 Å². The Balaban J connectivity index is 0.817. The van der Waals surface area contributed by atoms with Crippen LogP contribution < -0.4 is 35.8 Å². The predicted molar refractivity (Wildman–Crippen MR) is 270 cm³/mol. The monoisotopic (exact) mass is 1010 g/mol. The number of likely N-dealkylation sites (N-methyl/N-ethyl adjacent to an activating group) is 1. The molecule has 1 unspecified atom stereocenters. The Hall–Kier alpha value is -5.64. The summed E-state index contributed by atoms with van der Waals surface area (Å²) in [5.41, 5.74) is 7.39. The third kappa shape index (κ3) is 9.41. The van der Waals surface area contributed by atoms with Crippen LogP contribution in [0.1, 0.15) is 72.6 Å². The number of fused-ring (bicyclic) bond motifs is 2. The number of nitrogens with one attached hydrogen (secondary N) is 3. The summed E-state index contributed by atoms with van der Waals surface area (Å²) in [4.78, 5) is 60.5. The summed E-state index contributed by atoms with van der Waals surface area (Å²) >= 11 is 3.58. The number of nitrogens with zero attached hydrogens (tertiary/aromatic N) is 7. The van der Waals surface area contributed by atoms with Crippen molar-refractivity contribution in [1.29, 1.82) is 0 Å². The van der Waals surface area contributed by atoms with Gasteiger partial charge in [0.2, 0.25) is 17.8 Å². The molecule has 5 aromatic rings. The van der Waals surface area contributed by atoms with Crippen LogP contribution in [0.15, 0.2) is 59.2 Å². The number of methoxy groups -OCH3 is 1. The second-order valence-electron chi connectivity index (χ2n) is 19.1. The second-order valence-corrected chi connectivity index (χ2v) is 23.1. The molecule has 0 saturated carbocycles. The molecule has 1 atom stereocenters. The van der Waals surface area contributed by atoms with E-state index in [9.17, 15) is 23.3 Å². The van der Waals surface area contributed by atoms with E-state index in [0.717, 1.165) is 88.3 Å². The van der Waals surface area contributed by atoms with Gasteiger partial charge in [0.05, 0.1) is 34.2 Å². The van der Waals surface area contributed by atoms with Crippen molar-refractivity contribution in [2.45, 2.75) is 71.4 Å². The Kier molecular flexibility index (Phi) is 13.3. The number of imide groups is 1. The van der Waals surface area contributed by atoms with Crippen LogP contribution in [0, 0.1) is 18.2 Å². The number of aromatic nitrogens is 3. The molecule has 15 nitrogen and oxygen atoms in total. The summed E-state index contributed by atoms with van der Waals surface area (Å²) in [6, 6.07) is 14.4. The average Bonchev–Trinajstić information content (AvgIpc) is 3.65. The van der Waals surface area contributed by atoms with Crippen molar-refractivity contribution in [3.05, 3.63) is 87.4 Å². The number of carbonyl (C=O) groups is 3. The highest BCUT2D eigenvalue weighted by atomic mass is 79.9. The number of anilines is 6. The van der Waals surface area contributed by atoms with E-state index < -0.39 is 24.9 Å². The van der Waals surface area contributed by atoms with E-state index in [1.807, 2.05) is 12.1 Å². The van der Waals surface area contributed by atoms with Gasteiger partial charge in [0.15, 0.2) is 0 Å². The fraction of sp³-hybridized carbons (Fsp3) is 0.440. The van der Waals surface area contributed by atoms with Crippen LogP contribution >= 0.6 is 23.1 Å². The van der Waals surface area contributed by atoms with Crippen molar-refractivity contribution in [3.63, 3.8) is 0 Å². The maximum absolute atomic E-state index is 14.8. The van der Waals surface area contributed by atoms with Gasteiger partial charge in [-0.3, -0.25) is 24.7 Å². The summed E-state index contributed by atoms with van der Waals surface area (Å²) in [5, 5.41) is 10.1. The molecule has 0 aliphatic carbocycles. The molecule has 68 heavy (non-hydrogen) atoms. The molecule has 3 aromatic carbocycles. The number of hydrogen-bond acceptors (Lipinski definition) is 13. The number of aryl methyl sites for hydroxylation is 2. The molecule has 0 bridgehead atoms. The van der Waals surface area contributed by atoms with Crippen molar-refractivity contribution >= 4 is 91.5 Å². The van der Waals surface area contributed by atoms with Crippen LogP contribution in [0.3, 0.4) is 0 Å². The van der Waals surface area contributed by atoms with Crippen molar-refractivity contribution in [3.8, 4) is 5.75 Å². The number of rotatable bonds is 13. The number of hydrogen-bond donors (Lipinski definition) is 3. The van der Waals surface area contributed by atoms with Gasteiger partial charge in [-0.25, -0.2) is 9.37 Å². The van der Waals surface area contributed by atoms with E-state index in [1.54, 1.807) is 50.6 Å². The van der Waals surface area contributed by atoms with E-state index in [-0.39, 0.29) is 23.9 Å². The fourth-order valence-corrected chi connectivity index (χ4v) is 12.3. The normalized spacial score (nSPS) is 18.5. The zero-order valence-corrected chi connectivity index (χ0v) is 42.0. The number of benzene rings is 3. The zero-order chi connectivity index (χ0) is 48.1. The smallest absolute Gasteiger partial charge is 0.255 e. The molecule has 358 valence electrons. The Bertz CT molecular complexity index is 2860. The van der Waals surface area contributed by atoms with Gasteiger partial charge in [0, 0.05) is 91.6 Å². The third-order valence-corrected chi connectivity index (χ3v) is 16.6. The molecule has 3 fully saturated rings. The molecular formula is C50H59BrFN10O5P. The number of halogens is 2. The first kappa shape index (κ1) is 47.4. The minimum atomic E-state index is -2.92. The SMILES string of the molecule is CCc1cc(Nc2ncc(Br)c(Nc3ccc4nc(C)c(F)cc4c3P(C)(C)=O)n2)c(OC)cc1N1CCC2(CCN(CCN(C)c3cccc4c3CN(C3CCC(=O)NC3=O)C4=O)CC2)CC1. The fourth-order valence-electron chi connectivity index (χ4n) is 10.5. The van der Waals surface area contributed by atoms with Crippen LogP contribution in [-0.4, -0.2) is 115 Å². The first-order chi connectivity index (χ1) is 32.5. The van der Waals surface area contributed by atoms with Gasteiger partial charge in [-0.1, -0.05) is 13.0 Å². The molecule has 1 spiro atoms. The first-order valence-corrected chi connectivity index (χ1v) is 26.8. The standard InChI is InChI=1S/C50H59BrFN10O5P/c1-7-31-25-39(56-49-53-28-35(51)46(58-49)55-38-12-11-37-33(45(38)68(5,6)66)26-36(52)30(2)54-37)43(67-4)27-42(31)61-21-17-50(18-22-61)15-19-60(20-16-50)24-23-59(3)40-10-8-9-32-34(40)29-62(48(32)65)41-13-14-44(63)57-47(41)64/h8-12,25-28,41H,7,13-24,29H2,1-6H3,(H,57,63,64)(H2,53,55,56,58). The topological polar surface area (TPSA) is 165 Å². The molecule has 3 N–H and O–H groups in total. The summed E-state index contributed by atoms with van der Waals surface area (Å²) in [7, 11) is 0.826. The lowest BCUT2D eigenvalue weighted by molar-refractivity contribution is -0.136. The molecule has 18 heteroatoms. The van der Waals surface area contributed by atoms with E-state index in [0.29, 0.717) is 67.8 Å². The van der Waals surface area contributed by atoms with E-state index >= 15 is 0 Å². The van der Waals surface area contributed by atoms with Gasteiger partial charge in [-0.2, -0.15) is 4.98 Å². The van der Waals surface area contributed by atoms with Crippen molar-refractivity contribution < 1.29 is 28.1 Å². The van der Waals surface area contributed by atoms with Crippen LogP contribution in [0.2, 0.25) is 0 Å². The quantitative estimate of drug-likeness (QED) is 0.0766. The maximum atomic E-state index is 14.8. The van der Waals surface area contributed by atoms with Gasteiger partial charge in [-0.15, -0.1) is 0 Å². The lowest BCUT2D eigenvalue weighted by atomic mass is 9.71. The maximum Gasteiger partial charge on any atom is 0.255 e. The molecule has 2 aromatic heterocycles. The molecule has 9 rings (SSSR count). The highest BCUT2D eigenvalue weighted by molar-refractivity contribution is 9.10. The highest BCUT2D eigenvalue weighted by Crippen LogP contribution is 2.45. The highest BCUT2D eigenvalue weighted by Gasteiger charge is 2.41. The Morgan fingerprint density at radius 3 is 2.46 bits per heavy atom. The molecule has 0 radical (unpaired) electrons. The van der Waals surface area contributed by atoms with Gasteiger partial charge in [0.1, 0.15) is 30.6 Å². The predicted octanol–water partition coefficient (Wildman–Crippen LogP) is 8.12. The molecule has 4 aliphatic heterocycles. The van der Waals surface area contributed by atoms with Crippen LogP contribution in [0.5, 0.6) is 5.75 Å². The van der Waals surface area contributed by atoms with Crippen molar-refractivity contribution in [1.82, 2.24) is 30.1 Å². The number of amides is 3. The van der Waals surface area contributed by atoms with E-state index in [2.05, 4.69) is 88.7 Å². The molecule has 6 heterocycles. The summed E-state index contributed by atoms with van der Waals surface area (Å²) < 4.78 is 35.0. The lowest BCUT2D eigenvalue weighted by Gasteiger charge is -2.48. The third-order valence-electron chi connectivity index (χ3n) is 14.5. The van der Waals surface area contributed by atoms with Gasteiger partial charge >= 0.3 is 0 Å². The average molecular weight is 1010 g/mol. The number of ether oxygens (including phenoxy) is 1. The van der Waals surface area contributed by atoms with E-state index in [4.69, 9.17) is 9.72 Å². The van der Waals surface area contributed by atoms with Gasteiger partial charge in [-0.05, 0) is 135 Å². The number of carbonyl (C=O) groups excluding carboxylic acids is 3. The van der Waals surface area contributed by atoms with Crippen LogP contribution in [-0.2, 0) is 27.1 Å². The minimum absolute atomic E-state index is 0.150. The summed E-state index contributed by atoms with van der Waals surface area (Å²) in [5.74, 6) is 0.167. The molecular weight excluding hydrogens is 950 g/mol. The van der Waals surface area contributed by atoms with Crippen molar-refractivity contribution in [2.75, 3.05) is 87.2 Å². The number of pyridine rings is 1. The first-order valence-electron chi connectivity index (χ1n) is 23.4. The molecule has 3 saturated heterocycles. The van der Waals surface area contributed by atoms with Gasteiger partial charge < -0.3 is 39.5 Å². The lowest BCUT2D eigenvalue weighted by Crippen LogP contribution is -2.52. The number of piperidine rings is 3. The Morgan fingerprint density at radius 2 is 1.75 bits per heavy atom. The Labute approximate surface area is 405 Å².